The minimum Gasteiger partial charge on any atom is -0.340 e. The monoisotopic (exact) mass is 422 g/mol. The van der Waals surface area contributed by atoms with Crippen molar-refractivity contribution in [1.29, 1.82) is 0 Å². The van der Waals surface area contributed by atoms with Crippen LogP contribution >= 0.6 is 0 Å². The number of nitrogens with zero attached hydrogens (tertiary/aromatic N) is 3. The van der Waals surface area contributed by atoms with E-state index in [1.54, 1.807) is 6.07 Å². The van der Waals surface area contributed by atoms with Crippen LogP contribution in [0.5, 0.6) is 0 Å². The Hall–Kier alpha value is -3.35. The van der Waals surface area contributed by atoms with E-state index in [4.69, 9.17) is 0 Å². The van der Waals surface area contributed by atoms with Crippen molar-refractivity contribution in [2.24, 2.45) is 0 Å². The van der Waals surface area contributed by atoms with Gasteiger partial charge < -0.3 is 9.88 Å². The first-order valence-electron chi connectivity index (χ1n) is 10.3. The van der Waals surface area contributed by atoms with Crippen LogP contribution in [-0.2, 0) is 25.6 Å². The Morgan fingerprint density at radius 3 is 2.55 bits per heavy atom. The third-order valence-corrected chi connectivity index (χ3v) is 5.79. The summed E-state index contributed by atoms with van der Waals surface area (Å²) in [5.74, 6) is 0.550. The van der Waals surface area contributed by atoms with Crippen molar-refractivity contribution in [2.45, 2.75) is 38.4 Å². The van der Waals surface area contributed by atoms with E-state index in [1.165, 1.54) is 29.2 Å². The molecule has 0 fully saturated rings. The second-order valence-corrected chi connectivity index (χ2v) is 7.83. The molecule has 2 aromatic heterocycles. The van der Waals surface area contributed by atoms with Gasteiger partial charge in [-0.1, -0.05) is 36.4 Å². The summed E-state index contributed by atoms with van der Waals surface area (Å²) in [6.07, 6.45) is 1.15. The van der Waals surface area contributed by atoms with Gasteiger partial charge in [0.25, 0.3) is 0 Å². The summed E-state index contributed by atoms with van der Waals surface area (Å²) >= 11 is 0. The Morgan fingerprint density at radius 1 is 0.935 bits per heavy atom. The molecule has 5 rings (SSSR count). The second-order valence-electron chi connectivity index (χ2n) is 7.83. The van der Waals surface area contributed by atoms with Crippen LogP contribution in [0.15, 0.2) is 60.9 Å². The number of anilines is 2. The van der Waals surface area contributed by atoms with E-state index in [9.17, 15) is 13.2 Å². The smallest absolute Gasteiger partial charge is 0.340 e. The van der Waals surface area contributed by atoms with Crippen molar-refractivity contribution < 1.29 is 13.2 Å². The molecule has 0 saturated carbocycles. The molecule has 4 aromatic rings. The molecule has 0 bridgehead atoms. The zero-order valence-corrected chi connectivity index (χ0v) is 16.8. The topological polar surface area (TPSA) is 42.7 Å². The molecule has 0 amide bonds. The van der Waals surface area contributed by atoms with Gasteiger partial charge in [0.2, 0.25) is 0 Å². The number of aryl methyl sites for hydroxylation is 1. The Labute approximate surface area is 177 Å². The van der Waals surface area contributed by atoms with Crippen LogP contribution in [0, 0.1) is 0 Å². The highest BCUT2D eigenvalue weighted by Crippen LogP contribution is 2.37. The molecule has 31 heavy (non-hydrogen) atoms. The summed E-state index contributed by atoms with van der Waals surface area (Å²) in [6.45, 7) is 0.701. The molecular weight excluding hydrogens is 401 g/mol. The molecule has 2 aromatic carbocycles. The number of benzene rings is 2. The average Bonchev–Trinajstić information content (AvgIpc) is 3.09. The zero-order valence-electron chi connectivity index (χ0n) is 16.8. The minimum absolute atomic E-state index is 0.357. The lowest BCUT2D eigenvalue weighted by Gasteiger charge is -2.15. The Kier molecular flexibility index (Phi) is 4.88. The number of aromatic nitrogens is 3. The fraction of sp³-hybridized carbons (Fsp3) is 0.250. The molecule has 1 N–H and O–H groups in total. The first kappa shape index (κ1) is 19.6. The second kappa shape index (κ2) is 7.72. The van der Waals surface area contributed by atoms with E-state index < -0.39 is 11.7 Å². The Balaban J connectivity index is 1.61. The first-order valence-corrected chi connectivity index (χ1v) is 10.3. The predicted molar refractivity (Wildman–Crippen MR) is 114 cm³/mol. The number of hydrogen-bond acceptors (Lipinski definition) is 3. The maximum atomic E-state index is 13.1. The van der Waals surface area contributed by atoms with Gasteiger partial charge in [-0.2, -0.15) is 13.2 Å². The number of halogens is 3. The fourth-order valence-electron chi connectivity index (χ4n) is 4.38. The highest BCUT2D eigenvalue weighted by atomic mass is 19.4. The number of alkyl halides is 3. The fourth-order valence-corrected chi connectivity index (χ4v) is 4.38. The lowest BCUT2D eigenvalue weighted by molar-refractivity contribution is -0.137. The van der Waals surface area contributed by atoms with E-state index in [0.29, 0.717) is 18.1 Å². The Morgan fingerprint density at radius 2 is 1.74 bits per heavy atom. The van der Waals surface area contributed by atoms with Crippen molar-refractivity contribution in [2.75, 3.05) is 5.32 Å². The zero-order chi connectivity index (χ0) is 21.4. The van der Waals surface area contributed by atoms with Crippen LogP contribution in [0.4, 0.5) is 24.7 Å². The van der Waals surface area contributed by atoms with E-state index in [2.05, 4.69) is 32.0 Å². The lowest BCUT2D eigenvalue weighted by atomic mass is 9.96. The van der Waals surface area contributed by atoms with Gasteiger partial charge in [-0.15, -0.1) is 0 Å². The van der Waals surface area contributed by atoms with Crippen LogP contribution in [0.25, 0.3) is 11.0 Å². The molecule has 0 atom stereocenters. The molecule has 1 aliphatic rings. The average molecular weight is 422 g/mol. The van der Waals surface area contributed by atoms with Gasteiger partial charge in [0.05, 0.1) is 10.9 Å². The molecule has 2 heterocycles. The third kappa shape index (κ3) is 3.76. The predicted octanol–water partition coefficient (Wildman–Crippen LogP) is 6.12. The third-order valence-electron chi connectivity index (χ3n) is 5.79. The van der Waals surface area contributed by atoms with Crippen LogP contribution in [0.1, 0.15) is 35.2 Å². The molecular formula is C24H21F3N4. The van der Waals surface area contributed by atoms with Gasteiger partial charge >= 0.3 is 6.18 Å². The number of hydrogen-bond donors (Lipinski definition) is 1. The number of rotatable bonds is 4. The van der Waals surface area contributed by atoms with E-state index in [1.807, 2.05) is 18.2 Å². The van der Waals surface area contributed by atoms with E-state index >= 15 is 0 Å². The minimum atomic E-state index is -4.39. The van der Waals surface area contributed by atoms with Crippen LogP contribution < -0.4 is 5.32 Å². The SMILES string of the molecule is FC(F)(F)c1cccc(Nc2ncnc3c2c2c(n3Cc3ccccc3)CCCC2)c1. The van der Waals surface area contributed by atoms with Gasteiger partial charge in [0.15, 0.2) is 0 Å². The molecule has 0 saturated heterocycles. The van der Waals surface area contributed by atoms with Gasteiger partial charge in [-0.3, -0.25) is 0 Å². The van der Waals surface area contributed by atoms with Crippen molar-refractivity contribution in [3.63, 3.8) is 0 Å². The highest BCUT2D eigenvalue weighted by molar-refractivity contribution is 5.94. The quantitative estimate of drug-likeness (QED) is 0.431. The molecule has 0 radical (unpaired) electrons. The number of nitrogens with one attached hydrogen (secondary N) is 1. The summed E-state index contributed by atoms with van der Waals surface area (Å²) < 4.78 is 41.6. The van der Waals surface area contributed by atoms with Crippen LogP contribution in [0.3, 0.4) is 0 Å². The normalized spacial score (nSPS) is 13.9. The lowest BCUT2D eigenvalue weighted by Crippen LogP contribution is -2.09. The molecule has 158 valence electrons. The van der Waals surface area contributed by atoms with Gasteiger partial charge in [0, 0.05) is 17.9 Å². The first-order chi connectivity index (χ1) is 15.0. The summed E-state index contributed by atoms with van der Waals surface area (Å²) in [5, 5.41) is 4.03. The van der Waals surface area contributed by atoms with Crippen molar-refractivity contribution in [3.8, 4) is 0 Å². The van der Waals surface area contributed by atoms with Crippen molar-refractivity contribution in [1.82, 2.24) is 14.5 Å². The largest absolute Gasteiger partial charge is 0.416 e. The standard InChI is InChI=1S/C24H21F3N4/c25-24(26,27)17-9-6-10-18(13-17)30-22-21-19-11-4-5-12-20(19)31(23(21)29-15-28-22)14-16-7-2-1-3-8-16/h1-3,6-10,13,15H,4-5,11-12,14H2,(H,28,29,30). The van der Waals surface area contributed by atoms with Gasteiger partial charge in [-0.25, -0.2) is 9.97 Å². The van der Waals surface area contributed by atoms with Gasteiger partial charge in [-0.05, 0) is 55.0 Å². The van der Waals surface area contributed by atoms with Gasteiger partial charge in [0.1, 0.15) is 17.8 Å². The molecule has 4 nitrogen and oxygen atoms in total. The van der Waals surface area contributed by atoms with E-state index in [-0.39, 0.29) is 0 Å². The molecule has 0 unspecified atom stereocenters. The van der Waals surface area contributed by atoms with Crippen LogP contribution in [0.2, 0.25) is 0 Å². The molecule has 7 heteroatoms. The van der Waals surface area contributed by atoms with Crippen LogP contribution in [-0.4, -0.2) is 14.5 Å². The summed E-state index contributed by atoms with van der Waals surface area (Å²) in [7, 11) is 0. The molecule has 0 aliphatic heterocycles. The highest BCUT2D eigenvalue weighted by Gasteiger charge is 2.30. The summed E-state index contributed by atoms with van der Waals surface area (Å²) in [6, 6.07) is 15.4. The maximum Gasteiger partial charge on any atom is 0.416 e. The van der Waals surface area contributed by atoms with E-state index in [0.717, 1.165) is 48.8 Å². The maximum absolute atomic E-state index is 13.1. The summed E-state index contributed by atoms with van der Waals surface area (Å²) in [4.78, 5) is 8.98. The number of fused-ring (bicyclic) bond motifs is 3. The van der Waals surface area contributed by atoms with Crippen molar-refractivity contribution in [3.05, 3.63) is 83.3 Å². The summed E-state index contributed by atoms with van der Waals surface area (Å²) in [5.41, 5.74) is 4.12. The molecule has 0 spiro atoms. The molecule has 1 aliphatic carbocycles. The Bertz CT molecular complexity index is 1230. The van der Waals surface area contributed by atoms with Crippen molar-refractivity contribution >= 4 is 22.5 Å².